The molecule has 0 fully saturated rings. The molecule has 4 aromatic rings. The Morgan fingerprint density at radius 3 is 2.63 bits per heavy atom. The first kappa shape index (κ1) is 17.6. The molecule has 1 N–H and O–H groups in total. The summed E-state index contributed by atoms with van der Waals surface area (Å²) in [5.74, 6) is 1.49. The molecule has 0 aliphatic rings. The van der Waals surface area contributed by atoms with E-state index in [9.17, 15) is 0 Å². The van der Waals surface area contributed by atoms with Crippen LogP contribution in [0.25, 0.3) is 32.7 Å². The molecule has 0 aliphatic heterocycles. The predicted octanol–water partition coefficient (Wildman–Crippen LogP) is 4.87. The van der Waals surface area contributed by atoms with E-state index in [-0.39, 0.29) is 6.04 Å². The number of methoxy groups -OCH3 is 1. The first-order chi connectivity index (χ1) is 13.3. The van der Waals surface area contributed by atoms with E-state index in [1.807, 2.05) is 30.3 Å². The third kappa shape index (κ3) is 3.67. The molecule has 0 radical (unpaired) electrons. The van der Waals surface area contributed by atoms with Gasteiger partial charge in [-0.1, -0.05) is 30.3 Å². The molecule has 0 saturated carbocycles. The van der Waals surface area contributed by atoms with Crippen molar-refractivity contribution in [3.05, 3.63) is 60.2 Å². The van der Waals surface area contributed by atoms with Gasteiger partial charge in [0.1, 0.15) is 10.6 Å². The smallest absolute Gasteiger partial charge is 0.164 e. The molecular weight excluding hydrogens is 356 g/mol. The fraction of sp³-hybridized carbons (Fsp3) is 0.190. The number of aromatic nitrogens is 3. The van der Waals surface area contributed by atoms with Crippen molar-refractivity contribution >= 4 is 27.4 Å². The number of hydrogen-bond donors (Lipinski definition) is 1. The lowest BCUT2D eigenvalue weighted by molar-refractivity contribution is 0.190. The van der Waals surface area contributed by atoms with Crippen LogP contribution in [0.1, 0.15) is 6.92 Å². The molecule has 0 amide bonds. The summed E-state index contributed by atoms with van der Waals surface area (Å²) in [6.07, 6.45) is 3.54. The monoisotopic (exact) mass is 376 g/mol. The minimum atomic E-state index is 0.123. The van der Waals surface area contributed by atoms with E-state index in [4.69, 9.17) is 14.7 Å². The van der Waals surface area contributed by atoms with Gasteiger partial charge in [0, 0.05) is 42.1 Å². The number of anilines is 1. The average molecular weight is 376 g/mol. The second-order valence-corrected chi connectivity index (χ2v) is 7.19. The molecule has 6 heteroatoms. The van der Waals surface area contributed by atoms with Crippen molar-refractivity contribution in [2.45, 2.75) is 13.0 Å². The summed E-state index contributed by atoms with van der Waals surface area (Å²) in [7, 11) is 1.70. The van der Waals surface area contributed by atoms with Crippen LogP contribution in [0.5, 0.6) is 0 Å². The minimum absolute atomic E-state index is 0.123. The number of fused-ring (bicyclic) bond motifs is 1. The van der Waals surface area contributed by atoms with E-state index in [0.29, 0.717) is 12.4 Å². The number of rotatable bonds is 6. The molecular formula is C21H20N4OS. The van der Waals surface area contributed by atoms with Crippen molar-refractivity contribution < 1.29 is 4.74 Å². The van der Waals surface area contributed by atoms with Crippen molar-refractivity contribution in [2.75, 3.05) is 19.0 Å². The van der Waals surface area contributed by atoms with Gasteiger partial charge in [0.25, 0.3) is 0 Å². The zero-order chi connectivity index (χ0) is 18.6. The van der Waals surface area contributed by atoms with Crippen LogP contribution in [-0.4, -0.2) is 34.7 Å². The lowest BCUT2D eigenvalue weighted by Crippen LogP contribution is -2.21. The van der Waals surface area contributed by atoms with Gasteiger partial charge in [0.15, 0.2) is 5.82 Å². The number of nitrogens with one attached hydrogen (secondary N) is 1. The van der Waals surface area contributed by atoms with Crippen LogP contribution >= 0.6 is 11.3 Å². The van der Waals surface area contributed by atoms with Gasteiger partial charge in [-0.2, -0.15) is 0 Å². The van der Waals surface area contributed by atoms with Crippen LogP contribution in [-0.2, 0) is 4.74 Å². The minimum Gasteiger partial charge on any atom is -0.383 e. The molecule has 3 heterocycles. The molecule has 27 heavy (non-hydrogen) atoms. The number of nitrogens with zero attached hydrogens (tertiary/aromatic N) is 3. The molecule has 3 aromatic heterocycles. The molecule has 1 atom stereocenters. The molecule has 136 valence electrons. The van der Waals surface area contributed by atoms with Crippen molar-refractivity contribution in [3.63, 3.8) is 0 Å². The molecule has 0 bridgehead atoms. The van der Waals surface area contributed by atoms with E-state index < -0.39 is 0 Å². The second-order valence-electron chi connectivity index (χ2n) is 6.33. The average Bonchev–Trinajstić information content (AvgIpc) is 3.14. The maximum absolute atomic E-state index is 5.29. The Kier molecular flexibility index (Phi) is 5.09. The molecule has 5 nitrogen and oxygen atoms in total. The number of thiophene rings is 1. The Hall–Kier alpha value is -2.83. The van der Waals surface area contributed by atoms with Crippen LogP contribution < -0.4 is 5.32 Å². The van der Waals surface area contributed by atoms with Crippen molar-refractivity contribution in [3.8, 4) is 22.5 Å². The van der Waals surface area contributed by atoms with Gasteiger partial charge in [-0.3, -0.25) is 4.98 Å². The Balaban J connectivity index is 1.88. The lowest BCUT2D eigenvalue weighted by Gasteiger charge is -2.16. The largest absolute Gasteiger partial charge is 0.383 e. The Labute approximate surface area is 162 Å². The summed E-state index contributed by atoms with van der Waals surface area (Å²) >= 11 is 1.63. The van der Waals surface area contributed by atoms with E-state index in [2.05, 4.69) is 34.7 Å². The Bertz CT molecular complexity index is 1030. The van der Waals surface area contributed by atoms with E-state index in [1.54, 1.807) is 30.8 Å². The predicted molar refractivity (Wildman–Crippen MR) is 111 cm³/mol. The van der Waals surface area contributed by atoms with Crippen LogP contribution in [0.15, 0.2) is 60.2 Å². The number of hydrogen-bond acceptors (Lipinski definition) is 6. The van der Waals surface area contributed by atoms with E-state index in [1.165, 1.54) is 0 Å². The maximum atomic E-state index is 5.29. The number of ether oxygens (including phenoxy) is 1. The van der Waals surface area contributed by atoms with E-state index in [0.717, 1.165) is 32.7 Å². The molecule has 0 saturated heterocycles. The number of benzene rings is 1. The quantitative estimate of drug-likeness (QED) is 0.520. The molecule has 0 unspecified atom stereocenters. The summed E-state index contributed by atoms with van der Waals surface area (Å²) in [6.45, 7) is 2.67. The first-order valence-corrected chi connectivity index (χ1v) is 9.64. The third-order valence-corrected chi connectivity index (χ3v) is 5.11. The summed E-state index contributed by atoms with van der Waals surface area (Å²) in [5.41, 5.74) is 3.20. The van der Waals surface area contributed by atoms with Crippen LogP contribution in [0.2, 0.25) is 0 Å². The SMILES string of the molecule is COC[C@H](C)Nc1nc(-c2cccnc2)nc2scc(-c3ccccc3)c12. The first-order valence-electron chi connectivity index (χ1n) is 8.77. The zero-order valence-electron chi connectivity index (χ0n) is 15.2. The van der Waals surface area contributed by atoms with Crippen LogP contribution in [0.3, 0.4) is 0 Å². The van der Waals surface area contributed by atoms with Gasteiger partial charge < -0.3 is 10.1 Å². The fourth-order valence-electron chi connectivity index (χ4n) is 3.03. The Morgan fingerprint density at radius 1 is 1.07 bits per heavy atom. The van der Waals surface area contributed by atoms with Gasteiger partial charge in [-0.15, -0.1) is 11.3 Å². The highest BCUT2D eigenvalue weighted by Crippen LogP contribution is 2.38. The van der Waals surface area contributed by atoms with Gasteiger partial charge in [0.2, 0.25) is 0 Å². The normalized spacial score (nSPS) is 12.2. The van der Waals surface area contributed by atoms with Gasteiger partial charge >= 0.3 is 0 Å². The zero-order valence-corrected chi connectivity index (χ0v) is 16.0. The van der Waals surface area contributed by atoms with Crippen LogP contribution in [0.4, 0.5) is 5.82 Å². The molecule has 0 aliphatic carbocycles. The van der Waals surface area contributed by atoms with Gasteiger partial charge in [-0.25, -0.2) is 9.97 Å². The maximum Gasteiger partial charge on any atom is 0.164 e. The topological polar surface area (TPSA) is 59.9 Å². The second kappa shape index (κ2) is 7.82. The van der Waals surface area contributed by atoms with E-state index >= 15 is 0 Å². The summed E-state index contributed by atoms with van der Waals surface area (Å²) in [4.78, 5) is 14.8. The molecule has 0 spiro atoms. The summed E-state index contributed by atoms with van der Waals surface area (Å²) < 4.78 is 5.29. The van der Waals surface area contributed by atoms with Crippen LogP contribution in [0, 0.1) is 0 Å². The van der Waals surface area contributed by atoms with Gasteiger partial charge in [-0.05, 0) is 24.6 Å². The molecule has 1 aromatic carbocycles. The van der Waals surface area contributed by atoms with Crippen molar-refractivity contribution in [1.82, 2.24) is 15.0 Å². The number of pyridine rings is 1. The van der Waals surface area contributed by atoms with Crippen molar-refractivity contribution in [1.29, 1.82) is 0 Å². The molecule has 4 rings (SSSR count). The third-order valence-electron chi connectivity index (χ3n) is 4.24. The highest BCUT2D eigenvalue weighted by Gasteiger charge is 2.17. The summed E-state index contributed by atoms with van der Waals surface area (Å²) in [5, 5.41) is 6.69. The Morgan fingerprint density at radius 2 is 1.89 bits per heavy atom. The lowest BCUT2D eigenvalue weighted by atomic mass is 10.1. The highest BCUT2D eigenvalue weighted by molar-refractivity contribution is 7.17. The fourth-order valence-corrected chi connectivity index (χ4v) is 3.97. The summed E-state index contributed by atoms with van der Waals surface area (Å²) in [6, 6.07) is 14.3. The van der Waals surface area contributed by atoms with Gasteiger partial charge in [0.05, 0.1) is 12.0 Å². The highest BCUT2D eigenvalue weighted by atomic mass is 32.1. The van der Waals surface area contributed by atoms with Crippen molar-refractivity contribution in [2.24, 2.45) is 0 Å². The standard InChI is InChI=1S/C21H20N4OS/c1-14(12-26-2)23-20-18-17(15-7-4-3-5-8-15)13-27-21(18)25-19(24-20)16-9-6-10-22-11-16/h3-11,13-14H,12H2,1-2H3,(H,23,24,25)/t14-/m0/s1.